The summed E-state index contributed by atoms with van der Waals surface area (Å²) in [5.74, 6) is -1.05. The maximum absolute atomic E-state index is 10.3. The average molecular weight is 163 g/mol. The zero-order valence-corrected chi connectivity index (χ0v) is 6.90. The Labute approximate surface area is 66.0 Å². The molecule has 3 nitrogen and oxygen atoms in total. The third-order valence-corrected chi connectivity index (χ3v) is 1.70. The number of nitrogens with two attached hydrogens (primary N) is 1. The molecule has 3 N–H and O–H groups in total. The Bertz CT molecular complexity index is 125. The average Bonchev–Trinajstić information content (AvgIpc) is 1.84. The van der Waals surface area contributed by atoms with Crippen molar-refractivity contribution in [2.45, 2.75) is 31.1 Å². The summed E-state index contributed by atoms with van der Waals surface area (Å²) in [6.45, 7) is 1.98. The summed E-state index contributed by atoms with van der Waals surface area (Å²) in [7, 11) is 0. The molecule has 1 unspecified atom stereocenters. The third-order valence-electron chi connectivity index (χ3n) is 1.28. The van der Waals surface area contributed by atoms with Gasteiger partial charge in [0.15, 0.2) is 4.87 Å². The zero-order valence-electron chi connectivity index (χ0n) is 6.00. The van der Waals surface area contributed by atoms with Gasteiger partial charge in [0.25, 0.3) is 0 Å². The summed E-state index contributed by atoms with van der Waals surface area (Å²) in [4.78, 5) is 8.99. The lowest BCUT2D eigenvalue weighted by Gasteiger charge is -2.16. The minimum Gasteiger partial charge on any atom is -0.479 e. The Kier molecular flexibility index (Phi) is 3.75. The number of carbonyl (C=O) groups is 1. The predicted molar refractivity (Wildman–Crippen MR) is 43.1 cm³/mol. The van der Waals surface area contributed by atoms with Crippen LogP contribution in [0.5, 0.6) is 0 Å². The first kappa shape index (κ1) is 9.78. The first-order chi connectivity index (χ1) is 4.50. The van der Waals surface area contributed by atoms with E-state index in [1.807, 2.05) is 6.92 Å². The van der Waals surface area contributed by atoms with Crippen molar-refractivity contribution in [3.8, 4) is 0 Å². The van der Waals surface area contributed by atoms with Gasteiger partial charge in [0.2, 0.25) is 0 Å². The molecule has 0 amide bonds. The van der Waals surface area contributed by atoms with Crippen LogP contribution in [0.1, 0.15) is 26.2 Å². The van der Waals surface area contributed by atoms with E-state index >= 15 is 0 Å². The Hall–Kier alpha value is -0.220. The van der Waals surface area contributed by atoms with Crippen LogP contribution in [0.25, 0.3) is 0 Å². The van der Waals surface area contributed by atoms with Crippen molar-refractivity contribution >= 4 is 18.6 Å². The van der Waals surface area contributed by atoms with Crippen LogP contribution in [-0.2, 0) is 4.79 Å². The van der Waals surface area contributed by atoms with Crippen molar-refractivity contribution in [2.24, 2.45) is 5.73 Å². The fourth-order valence-corrected chi connectivity index (χ4v) is 0.711. The van der Waals surface area contributed by atoms with Crippen LogP contribution in [0.15, 0.2) is 0 Å². The van der Waals surface area contributed by atoms with Gasteiger partial charge in [-0.15, -0.1) is 12.6 Å². The molecule has 0 aliphatic rings. The minimum atomic E-state index is -1.34. The van der Waals surface area contributed by atoms with Gasteiger partial charge in [0.05, 0.1) is 0 Å². The second-order valence-corrected chi connectivity index (χ2v) is 3.13. The van der Waals surface area contributed by atoms with Gasteiger partial charge in [-0.1, -0.05) is 19.8 Å². The van der Waals surface area contributed by atoms with E-state index in [9.17, 15) is 4.79 Å². The quantitative estimate of drug-likeness (QED) is 0.425. The van der Waals surface area contributed by atoms with E-state index < -0.39 is 10.8 Å². The molecule has 1 atom stereocenters. The molecule has 0 aliphatic carbocycles. The van der Waals surface area contributed by atoms with Crippen LogP contribution >= 0.6 is 12.6 Å². The third kappa shape index (κ3) is 3.08. The molecule has 0 rings (SSSR count). The number of unbranched alkanes of at least 4 members (excludes halogenated alkanes) is 1. The van der Waals surface area contributed by atoms with Gasteiger partial charge in [-0.25, -0.2) is 4.79 Å². The van der Waals surface area contributed by atoms with Gasteiger partial charge >= 0.3 is 5.97 Å². The lowest BCUT2D eigenvalue weighted by atomic mass is 10.1. The van der Waals surface area contributed by atoms with Gasteiger partial charge < -0.3 is 10.8 Å². The largest absolute Gasteiger partial charge is 0.479 e. The molecule has 0 aliphatic heterocycles. The summed E-state index contributed by atoms with van der Waals surface area (Å²) in [6, 6.07) is 0. The summed E-state index contributed by atoms with van der Waals surface area (Å²) < 4.78 is 0. The number of carboxylic acid groups (broad SMARTS) is 1. The van der Waals surface area contributed by atoms with Crippen LogP contribution in [0.4, 0.5) is 0 Å². The van der Waals surface area contributed by atoms with Crippen LogP contribution < -0.4 is 5.73 Å². The fraction of sp³-hybridized carbons (Fsp3) is 0.833. The molecule has 0 fully saturated rings. The lowest BCUT2D eigenvalue weighted by molar-refractivity contribution is -0.139. The van der Waals surface area contributed by atoms with Gasteiger partial charge in [0, 0.05) is 0 Å². The number of hydrogen-bond acceptors (Lipinski definition) is 3. The molecule has 60 valence electrons. The van der Waals surface area contributed by atoms with Gasteiger partial charge in [0.1, 0.15) is 0 Å². The number of aliphatic carboxylic acids is 1. The van der Waals surface area contributed by atoms with E-state index in [0.717, 1.165) is 12.8 Å². The fourth-order valence-electron chi connectivity index (χ4n) is 0.553. The molecule has 0 saturated carbocycles. The molecular weight excluding hydrogens is 150 g/mol. The summed E-state index contributed by atoms with van der Waals surface area (Å²) >= 11 is 3.79. The molecule has 0 aromatic carbocycles. The van der Waals surface area contributed by atoms with Crippen molar-refractivity contribution in [3.05, 3.63) is 0 Å². The van der Waals surface area contributed by atoms with Crippen LogP contribution in [0.3, 0.4) is 0 Å². The van der Waals surface area contributed by atoms with Crippen molar-refractivity contribution in [1.29, 1.82) is 0 Å². The maximum atomic E-state index is 10.3. The molecule has 4 heteroatoms. The second kappa shape index (κ2) is 3.83. The van der Waals surface area contributed by atoms with Gasteiger partial charge in [-0.05, 0) is 6.42 Å². The van der Waals surface area contributed by atoms with Crippen molar-refractivity contribution in [1.82, 2.24) is 0 Å². The van der Waals surface area contributed by atoms with Crippen molar-refractivity contribution < 1.29 is 9.90 Å². The van der Waals surface area contributed by atoms with E-state index in [-0.39, 0.29) is 0 Å². The summed E-state index contributed by atoms with van der Waals surface area (Å²) in [6.07, 6.45) is 2.15. The van der Waals surface area contributed by atoms with Gasteiger partial charge in [-0.2, -0.15) is 0 Å². The number of rotatable bonds is 4. The maximum Gasteiger partial charge on any atom is 0.333 e. The summed E-state index contributed by atoms with van der Waals surface area (Å²) in [5.41, 5.74) is 5.31. The van der Waals surface area contributed by atoms with Crippen molar-refractivity contribution in [2.75, 3.05) is 0 Å². The minimum absolute atomic E-state index is 0.419. The first-order valence-electron chi connectivity index (χ1n) is 3.25. The number of hydrogen-bond donors (Lipinski definition) is 3. The first-order valence-corrected chi connectivity index (χ1v) is 3.70. The number of thiol groups is 1. The Balaban J connectivity index is 3.75. The van der Waals surface area contributed by atoms with Gasteiger partial charge in [-0.3, -0.25) is 0 Å². The van der Waals surface area contributed by atoms with E-state index in [1.165, 1.54) is 0 Å². The second-order valence-electron chi connectivity index (χ2n) is 2.33. The molecule has 0 spiro atoms. The highest BCUT2D eigenvalue weighted by Crippen LogP contribution is 2.15. The molecule has 10 heavy (non-hydrogen) atoms. The van der Waals surface area contributed by atoms with Crippen LogP contribution in [0, 0.1) is 0 Å². The molecule has 0 bridgehead atoms. The molecular formula is C6H13NO2S. The van der Waals surface area contributed by atoms with Crippen molar-refractivity contribution in [3.63, 3.8) is 0 Å². The highest BCUT2D eigenvalue weighted by molar-refractivity contribution is 7.82. The van der Waals surface area contributed by atoms with E-state index in [0.29, 0.717) is 6.42 Å². The van der Waals surface area contributed by atoms with Crippen LogP contribution in [0.2, 0.25) is 0 Å². The number of carboxylic acids is 1. The SMILES string of the molecule is CCCCC(N)(S)C(=O)O. The molecule has 0 heterocycles. The smallest absolute Gasteiger partial charge is 0.333 e. The van der Waals surface area contributed by atoms with E-state index in [2.05, 4.69) is 12.6 Å². The predicted octanol–water partition coefficient (Wildman–Crippen LogP) is 0.846. The molecule has 0 radical (unpaired) electrons. The highest BCUT2D eigenvalue weighted by atomic mass is 32.1. The highest BCUT2D eigenvalue weighted by Gasteiger charge is 2.27. The normalized spacial score (nSPS) is 16.3. The molecule has 0 aromatic rings. The topological polar surface area (TPSA) is 63.3 Å². The van der Waals surface area contributed by atoms with E-state index in [4.69, 9.17) is 10.8 Å². The zero-order chi connectivity index (χ0) is 8.20. The lowest BCUT2D eigenvalue weighted by Crippen LogP contribution is -2.42. The Morgan fingerprint density at radius 3 is 2.60 bits per heavy atom. The van der Waals surface area contributed by atoms with E-state index in [1.54, 1.807) is 0 Å². The molecule has 0 aromatic heterocycles. The molecule has 0 saturated heterocycles. The summed E-state index contributed by atoms with van der Waals surface area (Å²) in [5, 5.41) is 8.47. The standard InChI is InChI=1S/C6H13NO2S/c1-2-3-4-6(7,10)5(8)9/h10H,2-4,7H2,1H3,(H,8,9). The monoisotopic (exact) mass is 163 g/mol. The Morgan fingerprint density at radius 1 is 1.80 bits per heavy atom. The Morgan fingerprint density at radius 2 is 2.30 bits per heavy atom. The van der Waals surface area contributed by atoms with Crippen LogP contribution in [-0.4, -0.2) is 15.9 Å².